The van der Waals surface area contributed by atoms with Crippen molar-refractivity contribution in [3.8, 4) is 5.75 Å². The molecule has 7 heteroatoms. The maximum absolute atomic E-state index is 15.0. The van der Waals surface area contributed by atoms with Crippen LogP contribution in [0.1, 0.15) is 38.2 Å². The van der Waals surface area contributed by atoms with Crippen molar-refractivity contribution in [2.45, 2.75) is 42.2 Å². The van der Waals surface area contributed by atoms with Crippen LogP contribution in [0.3, 0.4) is 0 Å². The summed E-state index contributed by atoms with van der Waals surface area (Å²) in [6, 6.07) is 7.84. The topological polar surface area (TPSA) is 43.4 Å². The molecule has 0 bridgehead atoms. The van der Waals surface area contributed by atoms with Gasteiger partial charge in [-0.2, -0.15) is 0 Å². The number of hydrogen-bond donors (Lipinski definition) is 0. The van der Waals surface area contributed by atoms with Gasteiger partial charge >= 0.3 is 0 Å². The molecule has 0 amide bonds. The number of halogens is 3. The van der Waals surface area contributed by atoms with Gasteiger partial charge in [0.1, 0.15) is 10.6 Å². The summed E-state index contributed by atoms with van der Waals surface area (Å²) in [6.45, 7) is 2.11. The SMILES string of the molecule is CC[C@@H]1CC[C@@]2(S(=O)(=O)c3ccc(Cl)cc3)c3c(F)ccc(F)c3OCC2C1. The second-order valence-electron chi connectivity index (χ2n) is 7.64. The van der Waals surface area contributed by atoms with Gasteiger partial charge in [-0.3, -0.25) is 0 Å². The predicted molar refractivity (Wildman–Crippen MR) is 103 cm³/mol. The highest BCUT2D eigenvalue weighted by Crippen LogP contribution is 2.57. The second kappa shape index (κ2) is 6.99. The molecule has 2 aromatic carbocycles. The average Bonchev–Trinajstić information content (AvgIpc) is 2.69. The molecule has 2 aliphatic rings. The fraction of sp³-hybridized carbons (Fsp3) is 0.429. The van der Waals surface area contributed by atoms with Crippen LogP contribution in [0.15, 0.2) is 41.3 Å². The van der Waals surface area contributed by atoms with Gasteiger partial charge in [-0.15, -0.1) is 0 Å². The van der Waals surface area contributed by atoms with Crippen LogP contribution < -0.4 is 4.74 Å². The molecule has 3 atom stereocenters. The number of ether oxygens (including phenoxy) is 1. The van der Waals surface area contributed by atoms with Crippen LogP contribution >= 0.6 is 11.6 Å². The van der Waals surface area contributed by atoms with Crippen molar-refractivity contribution in [1.29, 1.82) is 0 Å². The van der Waals surface area contributed by atoms with Crippen molar-refractivity contribution in [2.24, 2.45) is 11.8 Å². The van der Waals surface area contributed by atoms with E-state index in [0.29, 0.717) is 23.8 Å². The van der Waals surface area contributed by atoms with E-state index in [4.69, 9.17) is 16.3 Å². The van der Waals surface area contributed by atoms with E-state index in [2.05, 4.69) is 6.92 Å². The quantitative estimate of drug-likeness (QED) is 0.650. The molecule has 1 heterocycles. The Bertz CT molecular complexity index is 1010. The lowest BCUT2D eigenvalue weighted by Gasteiger charge is -2.49. The molecule has 2 aromatic rings. The fourth-order valence-corrected chi connectivity index (χ4v) is 7.29. The van der Waals surface area contributed by atoms with E-state index < -0.39 is 32.1 Å². The summed E-state index contributed by atoms with van der Waals surface area (Å²) in [4.78, 5) is 0.0633. The lowest BCUT2D eigenvalue weighted by atomic mass is 9.68. The molecular formula is C21H21ClF2O3S. The average molecular weight is 427 g/mol. The fourth-order valence-electron chi connectivity index (χ4n) is 4.80. The standard InChI is InChI=1S/C21H21ClF2O3S/c1-2-13-9-10-21(28(25,26)16-5-3-15(22)4-6-16)14(11-13)12-27-20-18(24)8-7-17(23)19(20)21/h3-8,13-14H,2,9-12H2,1H3/t13-,14?,21+/m1/s1. The molecule has 1 aliphatic heterocycles. The maximum atomic E-state index is 15.0. The van der Waals surface area contributed by atoms with Crippen molar-refractivity contribution >= 4 is 21.4 Å². The number of sulfone groups is 1. The molecule has 0 aromatic heterocycles. The zero-order valence-electron chi connectivity index (χ0n) is 15.4. The van der Waals surface area contributed by atoms with E-state index in [-0.39, 0.29) is 29.2 Å². The van der Waals surface area contributed by atoms with Crippen LogP contribution in [-0.4, -0.2) is 15.0 Å². The van der Waals surface area contributed by atoms with E-state index in [9.17, 15) is 12.8 Å². The van der Waals surface area contributed by atoms with Crippen molar-refractivity contribution < 1.29 is 21.9 Å². The van der Waals surface area contributed by atoms with E-state index in [1.54, 1.807) is 0 Å². The van der Waals surface area contributed by atoms with E-state index in [1.165, 1.54) is 24.3 Å². The van der Waals surface area contributed by atoms with Crippen molar-refractivity contribution in [3.63, 3.8) is 0 Å². The van der Waals surface area contributed by atoms with Crippen LogP contribution in [0.4, 0.5) is 8.78 Å². The van der Waals surface area contributed by atoms with Crippen LogP contribution in [0.2, 0.25) is 5.02 Å². The third kappa shape index (κ3) is 2.76. The largest absolute Gasteiger partial charge is 0.490 e. The molecule has 0 radical (unpaired) electrons. The third-order valence-electron chi connectivity index (χ3n) is 6.29. The summed E-state index contributed by atoms with van der Waals surface area (Å²) in [7, 11) is -4.03. The molecule has 1 fully saturated rings. The Kier molecular flexibility index (Phi) is 4.91. The van der Waals surface area contributed by atoms with Gasteiger partial charge in [0.15, 0.2) is 21.4 Å². The minimum Gasteiger partial charge on any atom is -0.490 e. The van der Waals surface area contributed by atoms with Crippen LogP contribution in [0.5, 0.6) is 5.75 Å². The molecule has 3 nitrogen and oxygen atoms in total. The Morgan fingerprint density at radius 1 is 1.14 bits per heavy atom. The molecule has 1 aliphatic carbocycles. The van der Waals surface area contributed by atoms with Gasteiger partial charge in [0, 0.05) is 10.9 Å². The van der Waals surface area contributed by atoms with Crippen LogP contribution in [0, 0.1) is 23.5 Å². The van der Waals surface area contributed by atoms with Crippen LogP contribution in [0.25, 0.3) is 0 Å². The molecule has 0 spiro atoms. The highest BCUT2D eigenvalue weighted by molar-refractivity contribution is 7.92. The van der Waals surface area contributed by atoms with Gasteiger partial charge in [-0.25, -0.2) is 17.2 Å². The van der Waals surface area contributed by atoms with E-state index in [0.717, 1.165) is 18.6 Å². The zero-order chi connectivity index (χ0) is 20.1. The third-order valence-corrected chi connectivity index (χ3v) is 9.14. The molecule has 0 N–H and O–H groups in total. The van der Waals surface area contributed by atoms with Gasteiger partial charge in [0.2, 0.25) is 0 Å². The molecule has 150 valence electrons. The van der Waals surface area contributed by atoms with E-state index in [1.807, 2.05) is 0 Å². The molecule has 1 unspecified atom stereocenters. The summed E-state index contributed by atoms with van der Waals surface area (Å²) in [5, 5.41) is 0.410. The van der Waals surface area contributed by atoms with Crippen molar-refractivity contribution in [3.05, 3.63) is 58.6 Å². The van der Waals surface area contributed by atoms with Crippen LogP contribution in [-0.2, 0) is 14.6 Å². The van der Waals surface area contributed by atoms with Gasteiger partial charge in [0.05, 0.1) is 17.1 Å². The Balaban J connectivity index is 1.99. The van der Waals surface area contributed by atoms with E-state index >= 15 is 4.39 Å². The Hall–Kier alpha value is -1.66. The second-order valence-corrected chi connectivity index (χ2v) is 10.3. The maximum Gasteiger partial charge on any atom is 0.188 e. The number of hydrogen-bond acceptors (Lipinski definition) is 3. The first-order valence-corrected chi connectivity index (χ1v) is 11.3. The minimum absolute atomic E-state index is 0.0523. The molecule has 28 heavy (non-hydrogen) atoms. The monoisotopic (exact) mass is 426 g/mol. The lowest BCUT2D eigenvalue weighted by Crippen LogP contribution is -2.52. The summed E-state index contributed by atoms with van der Waals surface area (Å²) < 4.78 is 61.3. The summed E-state index contributed by atoms with van der Waals surface area (Å²) in [5.41, 5.74) is -0.159. The lowest BCUT2D eigenvalue weighted by molar-refractivity contribution is 0.0969. The normalized spacial score (nSPS) is 26.9. The summed E-state index contributed by atoms with van der Waals surface area (Å²) in [6.07, 6.45) is 2.37. The van der Waals surface area contributed by atoms with Crippen molar-refractivity contribution in [2.75, 3.05) is 6.61 Å². The zero-order valence-corrected chi connectivity index (χ0v) is 17.0. The molecule has 1 saturated carbocycles. The highest BCUT2D eigenvalue weighted by atomic mass is 35.5. The van der Waals surface area contributed by atoms with Gasteiger partial charge in [-0.1, -0.05) is 24.9 Å². The molecular weight excluding hydrogens is 406 g/mol. The summed E-state index contributed by atoms with van der Waals surface area (Å²) >= 11 is 5.92. The first-order valence-electron chi connectivity index (χ1n) is 9.42. The van der Waals surface area contributed by atoms with Gasteiger partial charge in [0.25, 0.3) is 0 Å². The predicted octanol–water partition coefficient (Wildman–Crippen LogP) is 5.51. The Morgan fingerprint density at radius 3 is 2.50 bits per heavy atom. The number of fused-ring (bicyclic) bond motifs is 3. The highest BCUT2D eigenvalue weighted by Gasteiger charge is 2.59. The number of benzene rings is 2. The molecule has 0 saturated heterocycles. The Labute approximate surface area is 168 Å². The van der Waals surface area contributed by atoms with Gasteiger partial charge < -0.3 is 4.74 Å². The van der Waals surface area contributed by atoms with Gasteiger partial charge in [-0.05, 0) is 61.6 Å². The first kappa shape index (κ1) is 19.6. The van der Waals surface area contributed by atoms with Crippen molar-refractivity contribution in [1.82, 2.24) is 0 Å². The number of rotatable bonds is 3. The first-order chi connectivity index (χ1) is 13.3. The minimum atomic E-state index is -4.03. The Morgan fingerprint density at radius 2 is 1.82 bits per heavy atom. The smallest absolute Gasteiger partial charge is 0.188 e. The summed E-state index contributed by atoms with van der Waals surface area (Å²) in [5.74, 6) is -1.87. The molecule has 4 rings (SSSR count).